The van der Waals surface area contributed by atoms with Crippen LogP contribution >= 0.6 is 11.3 Å². The van der Waals surface area contributed by atoms with E-state index >= 15 is 0 Å². The van der Waals surface area contributed by atoms with E-state index in [1.807, 2.05) is 74.5 Å². The number of thiazole rings is 1. The highest BCUT2D eigenvalue weighted by Gasteiger charge is 2.15. The number of hydrogen-bond acceptors (Lipinski definition) is 6. The maximum absolute atomic E-state index is 12.7. The zero-order valence-electron chi connectivity index (χ0n) is 18.0. The van der Waals surface area contributed by atoms with Crippen molar-refractivity contribution in [2.45, 2.75) is 13.8 Å². The minimum absolute atomic E-state index is 0.376. The molecule has 0 aliphatic carbocycles. The molecular weight excluding hydrogens is 430 g/mol. The van der Waals surface area contributed by atoms with E-state index < -0.39 is 5.63 Å². The van der Waals surface area contributed by atoms with Gasteiger partial charge in [0.15, 0.2) is 0 Å². The van der Waals surface area contributed by atoms with Crippen LogP contribution in [-0.4, -0.2) is 4.98 Å². The first-order valence-electron chi connectivity index (χ1n) is 10.4. The average molecular weight is 450 g/mol. The first-order valence-corrected chi connectivity index (χ1v) is 11.3. The second-order valence-electron chi connectivity index (χ2n) is 7.75. The van der Waals surface area contributed by atoms with Crippen molar-refractivity contribution in [3.05, 3.63) is 98.8 Å². The summed E-state index contributed by atoms with van der Waals surface area (Å²) in [6.07, 6.45) is 1.65. The Hall–Kier alpha value is -4.21. The van der Waals surface area contributed by atoms with Gasteiger partial charge in [-0.15, -0.1) is 11.3 Å². The van der Waals surface area contributed by atoms with Crippen molar-refractivity contribution in [1.82, 2.24) is 4.98 Å². The number of fused-ring (bicyclic) bond motifs is 3. The first kappa shape index (κ1) is 20.7. The molecule has 5 aromatic rings. The molecule has 2 heterocycles. The number of nitrogens with one attached hydrogen (secondary N) is 1. The van der Waals surface area contributed by atoms with Crippen molar-refractivity contribution < 1.29 is 4.42 Å². The van der Waals surface area contributed by atoms with E-state index in [-0.39, 0.29) is 0 Å². The number of nitriles is 1. The van der Waals surface area contributed by atoms with Crippen LogP contribution in [0.3, 0.4) is 0 Å². The molecule has 0 aliphatic heterocycles. The summed E-state index contributed by atoms with van der Waals surface area (Å²) >= 11 is 1.31. The molecule has 0 radical (unpaired) electrons. The van der Waals surface area contributed by atoms with E-state index in [9.17, 15) is 10.1 Å². The zero-order chi connectivity index (χ0) is 22.9. The summed E-state index contributed by atoms with van der Waals surface area (Å²) in [7, 11) is 0. The van der Waals surface area contributed by atoms with Gasteiger partial charge in [0.2, 0.25) is 0 Å². The van der Waals surface area contributed by atoms with Crippen LogP contribution in [0, 0.1) is 25.2 Å². The number of aryl methyl sites for hydroxylation is 1. The molecule has 0 fully saturated rings. The van der Waals surface area contributed by atoms with Gasteiger partial charge in [0.05, 0.1) is 11.3 Å². The predicted molar refractivity (Wildman–Crippen MR) is 134 cm³/mol. The SMILES string of the molecule is Cc1cccc(NC=C(C#N)c2nc(-c3cc4c(ccc5ccccc54)oc3=O)cs2)c1C. The molecule has 3 aromatic carbocycles. The van der Waals surface area contributed by atoms with Crippen molar-refractivity contribution in [1.29, 1.82) is 5.26 Å². The van der Waals surface area contributed by atoms with Gasteiger partial charge in [-0.2, -0.15) is 5.26 Å². The number of nitrogens with zero attached hydrogens (tertiary/aromatic N) is 2. The molecule has 0 spiro atoms. The molecular formula is C27H19N3O2S. The molecule has 0 aliphatic rings. The summed E-state index contributed by atoms with van der Waals surface area (Å²) in [5, 5.41) is 18.1. The molecule has 5 nitrogen and oxygen atoms in total. The third-order valence-electron chi connectivity index (χ3n) is 5.75. The zero-order valence-corrected chi connectivity index (χ0v) is 18.9. The van der Waals surface area contributed by atoms with Crippen LogP contribution < -0.4 is 10.9 Å². The number of hydrogen-bond donors (Lipinski definition) is 1. The van der Waals surface area contributed by atoms with Crippen molar-refractivity contribution in [3.8, 4) is 17.3 Å². The van der Waals surface area contributed by atoms with Crippen LogP contribution in [0.5, 0.6) is 0 Å². The smallest absolute Gasteiger partial charge is 0.345 e. The fourth-order valence-corrected chi connectivity index (χ4v) is 4.56. The van der Waals surface area contributed by atoms with Crippen molar-refractivity contribution in [2.24, 2.45) is 0 Å². The highest BCUT2D eigenvalue weighted by atomic mass is 32.1. The topological polar surface area (TPSA) is 78.9 Å². The van der Waals surface area contributed by atoms with Crippen LogP contribution in [-0.2, 0) is 0 Å². The monoisotopic (exact) mass is 449 g/mol. The number of allylic oxidation sites excluding steroid dienone is 1. The minimum atomic E-state index is -0.453. The lowest BCUT2D eigenvalue weighted by atomic mass is 10.0. The molecule has 6 heteroatoms. The van der Waals surface area contributed by atoms with E-state index in [0.717, 1.165) is 27.4 Å². The molecule has 0 saturated heterocycles. The van der Waals surface area contributed by atoms with Crippen LogP contribution in [0.25, 0.3) is 38.6 Å². The summed E-state index contributed by atoms with van der Waals surface area (Å²) in [4.78, 5) is 17.3. The molecule has 0 amide bonds. The highest BCUT2D eigenvalue weighted by Crippen LogP contribution is 2.30. The Kier molecular flexibility index (Phi) is 5.25. The second-order valence-corrected chi connectivity index (χ2v) is 8.60. The van der Waals surface area contributed by atoms with Crippen molar-refractivity contribution >= 4 is 44.3 Å². The molecule has 160 valence electrons. The van der Waals surface area contributed by atoms with Gasteiger partial charge in [-0.1, -0.05) is 42.5 Å². The third-order valence-corrected chi connectivity index (χ3v) is 6.63. The quantitative estimate of drug-likeness (QED) is 0.188. The largest absolute Gasteiger partial charge is 0.422 e. The Morgan fingerprint density at radius 1 is 1.09 bits per heavy atom. The van der Waals surface area contributed by atoms with Crippen LogP contribution in [0.4, 0.5) is 5.69 Å². The van der Waals surface area contributed by atoms with Gasteiger partial charge in [-0.3, -0.25) is 0 Å². The lowest BCUT2D eigenvalue weighted by molar-refractivity contribution is 0.563. The average Bonchev–Trinajstić information content (AvgIpc) is 3.31. The summed E-state index contributed by atoms with van der Waals surface area (Å²) in [6, 6.07) is 21.7. The van der Waals surface area contributed by atoms with E-state index in [4.69, 9.17) is 4.42 Å². The summed E-state index contributed by atoms with van der Waals surface area (Å²) < 4.78 is 5.60. The van der Waals surface area contributed by atoms with Gasteiger partial charge >= 0.3 is 5.63 Å². The predicted octanol–water partition coefficient (Wildman–Crippen LogP) is 6.66. The van der Waals surface area contributed by atoms with Gasteiger partial charge < -0.3 is 9.73 Å². The molecule has 33 heavy (non-hydrogen) atoms. The number of aromatic nitrogens is 1. The van der Waals surface area contributed by atoms with E-state index in [1.54, 1.807) is 11.6 Å². The van der Waals surface area contributed by atoms with Gasteiger partial charge in [-0.25, -0.2) is 9.78 Å². The van der Waals surface area contributed by atoms with Gasteiger partial charge in [-0.05, 0) is 53.9 Å². The fourth-order valence-electron chi connectivity index (χ4n) is 3.77. The van der Waals surface area contributed by atoms with E-state index in [1.165, 1.54) is 16.9 Å². The van der Waals surface area contributed by atoms with Crippen LogP contribution in [0.1, 0.15) is 16.1 Å². The lowest BCUT2D eigenvalue weighted by Gasteiger charge is -2.08. The van der Waals surface area contributed by atoms with E-state index in [0.29, 0.717) is 27.4 Å². The maximum Gasteiger partial charge on any atom is 0.345 e. The molecule has 1 N–H and O–H groups in total. The molecule has 0 bridgehead atoms. The number of rotatable bonds is 4. The Morgan fingerprint density at radius 3 is 2.79 bits per heavy atom. The first-order chi connectivity index (χ1) is 16.0. The Balaban J connectivity index is 1.54. The minimum Gasteiger partial charge on any atom is -0.422 e. The second kappa shape index (κ2) is 8.38. The van der Waals surface area contributed by atoms with Crippen LogP contribution in [0.2, 0.25) is 0 Å². The summed E-state index contributed by atoms with van der Waals surface area (Å²) in [6.45, 7) is 4.07. The Labute approximate surface area is 194 Å². The maximum atomic E-state index is 12.7. The Bertz CT molecular complexity index is 1650. The van der Waals surface area contributed by atoms with Crippen molar-refractivity contribution in [2.75, 3.05) is 5.32 Å². The summed E-state index contributed by atoms with van der Waals surface area (Å²) in [5.74, 6) is 0. The van der Waals surface area contributed by atoms with Gasteiger partial charge in [0, 0.05) is 22.7 Å². The molecule has 2 aromatic heterocycles. The third kappa shape index (κ3) is 3.79. The molecule has 0 unspecified atom stereocenters. The standard InChI is InChI=1S/C27H19N3O2S/c1-16-6-5-9-23(17(16)2)29-14-19(13-28)26-30-24(15-33-26)22-12-21-20-8-4-3-7-18(20)10-11-25(21)32-27(22)31/h3-12,14-15,29H,1-2H3. The molecule has 5 rings (SSSR count). The van der Waals surface area contributed by atoms with Crippen LogP contribution in [0.15, 0.2) is 81.5 Å². The van der Waals surface area contributed by atoms with Gasteiger partial charge in [0.25, 0.3) is 0 Å². The highest BCUT2D eigenvalue weighted by molar-refractivity contribution is 7.11. The number of benzene rings is 3. The lowest BCUT2D eigenvalue weighted by Crippen LogP contribution is -2.03. The van der Waals surface area contributed by atoms with Crippen molar-refractivity contribution in [3.63, 3.8) is 0 Å². The van der Waals surface area contributed by atoms with Gasteiger partial charge in [0.1, 0.15) is 22.2 Å². The summed E-state index contributed by atoms with van der Waals surface area (Å²) in [5.41, 5.74) is 4.56. The molecule has 0 saturated carbocycles. The van der Waals surface area contributed by atoms with E-state index in [2.05, 4.69) is 16.4 Å². The molecule has 0 atom stereocenters. The Morgan fingerprint density at radius 2 is 1.94 bits per heavy atom. The number of anilines is 1. The normalized spacial score (nSPS) is 11.6. The fraction of sp³-hybridized carbons (Fsp3) is 0.0741.